The van der Waals surface area contributed by atoms with Crippen molar-refractivity contribution in [1.82, 2.24) is 15.1 Å². The van der Waals surface area contributed by atoms with Gasteiger partial charge in [0.2, 0.25) is 5.89 Å². The molecular weight excluding hydrogens is 342 g/mol. The van der Waals surface area contributed by atoms with Crippen molar-refractivity contribution in [3.8, 4) is 0 Å². The summed E-state index contributed by atoms with van der Waals surface area (Å²) in [6, 6.07) is 6.24. The topological polar surface area (TPSA) is 76.3 Å². The predicted octanol–water partition coefficient (Wildman–Crippen LogP) is 3.07. The van der Waals surface area contributed by atoms with Crippen molar-refractivity contribution >= 4 is 11.8 Å². The number of aromatic nitrogens is 3. The quantitative estimate of drug-likeness (QED) is 0.868. The Morgan fingerprint density at radius 2 is 2.04 bits per heavy atom. The van der Waals surface area contributed by atoms with E-state index in [4.69, 9.17) is 9.26 Å². The average Bonchev–Trinajstić information content (AvgIpc) is 3.27. The monoisotopic (exact) mass is 369 g/mol. The van der Waals surface area contributed by atoms with Crippen LogP contribution in [0.25, 0.3) is 0 Å². The highest BCUT2D eigenvalue weighted by Crippen LogP contribution is 2.40. The molecule has 27 heavy (non-hydrogen) atoms. The minimum absolute atomic E-state index is 0.198. The number of methoxy groups -OCH3 is 1. The maximum absolute atomic E-state index is 5.82. The molecule has 3 heterocycles. The lowest BCUT2D eigenvalue weighted by molar-refractivity contribution is 0.0305. The number of fused-ring (bicyclic) bond motifs is 1. The molecule has 2 aliphatic carbocycles. The third kappa shape index (κ3) is 3.29. The summed E-state index contributed by atoms with van der Waals surface area (Å²) in [7, 11) is 1.81. The van der Waals surface area contributed by atoms with E-state index < -0.39 is 0 Å². The van der Waals surface area contributed by atoms with Crippen LogP contribution in [0.4, 0.5) is 11.8 Å². The van der Waals surface area contributed by atoms with Crippen molar-refractivity contribution < 1.29 is 9.26 Å². The Morgan fingerprint density at radius 1 is 1.19 bits per heavy atom. The first-order valence-corrected chi connectivity index (χ1v) is 10.1. The minimum Gasteiger partial charge on any atom is -0.379 e. The zero-order valence-electron chi connectivity index (χ0n) is 15.8. The molecule has 5 rings (SSSR count). The van der Waals surface area contributed by atoms with E-state index in [-0.39, 0.29) is 12.1 Å². The summed E-state index contributed by atoms with van der Waals surface area (Å²) in [4.78, 5) is 11.4. The molecule has 0 aromatic carbocycles. The second-order valence-corrected chi connectivity index (χ2v) is 8.20. The zero-order chi connectivity index (χ0) is 18.2. The lowest BCUT2D eigenvalue weighted by Gasteiger charge is -2.37. The summed E-state index contributed by atoms with van der Waals surface area (Å²) >= 11 is 0. The minimum atomic E-state index is 0.198. The molecule has 1 aliphatic heterocycles. The molecule has 0 unspecified atom stereocenters. The number of nitrogens with one attached hydrogen (secondary N) is 1. The van der Waals surface area contributed by atoms with Gasteiger partial charge in [-0.2, -0.15) is 4.98 Å². The van der Waals surface area contributed by atoms with Gasteiger partial charge in [-0.3, -0.25) is 0 Å². The summed E-state index contributed by atoms with van der Waals surface area (Å²) in [5, 5.41) is 7.85. The van der Waals surface area contributed by atoms with E-state index in [1.807, 2.05) is 31.5 Å². The Hall–Kier alpha value is -2.15. The summed E-state index contributed by atoms with van der Waals surface area (Å²) in [5.74, 6) is 4.23. The first kappa shape index (κ1) is 17.0. The highest BCUT2D eigenvalue weighted by atomic mass is 16.5. The molecule has 4 atom stereocenters. The molecule has 2 aromatic heterocycles. The van der Waals surface area contributed by atoms with Crippen LogP contribution in [0.15, 0.2) is 28.9 Å². The van der Waals surface area contributed by atoms with Crippen LogP contribution in [-0.4, -0.2) is 47.5 Å². The van der Waals surface area contributed by atoms with Crippen molar-refractivity contribution in [3.63, 3.8) is 0 Å². The first-order valence-electron chi connectivity index (χ1n) is 10.1. The molecule has 144 valence electrons. The van der Waals surface area contributed by atoms with Gasteiger partial charge in [0.15, 0.2) is 0 Å². The van der Waals surface area contributed by atoms with Crippen molar-refractivity contribution in [2.24, 2.45) is 11.8 Å². The number of pyridine rings is 1. The normalized spacial score (nSPS) is 30.8. The highest BCUT2D eigenvalue weighted by molar-refractivity contribution is 5.36. The number of ether oxygens (including phenoxy) is 1. The van der Waals surface area contributed by atoms with Gasteiger partial charge in [0.1, 0.15) is 5.82 Å². The van der Waals surface area contributed by atoms with Gasteiger partial charge in [-0.05, 0) is 54.8 Å². The molecule has 3 aliphatic rings. The van der Waals surface area contributed by atoms with Crippen molar-refractivity contribution in [1.29, 1.82) is 0 Å². The van der Waals surface area contributed by atoms with Crippen LogP contribution < -0.4 is 10.2 Å². The lowest BCUT2D eigenvalue weighted by Crippen LogP contribution is -2.44. The Labute approximate surface area is 159 Å². The Kier molecular flexibility index (Phi) is 4.47. The van der Waals surface area contributed by atoms with Gasteiger partial charge in [0, 0.05) is 32.3 Å². The van der Waals surface area contributed by atoms with Gasteiger partial charge in [-0.1, -0.05) is 12.5 Å². The third-order valence-electron chi connectivity index (χ3n) is 6.59. The van der Waals surface area contributed by atoms with E-state index in [9.17, 15) is 0 Å². The molecule has 1 N–H and O–H groups in total. The van der Waals surface area contributed by atoms with Crippen molar-refractivity contribution in [2.75, 3.05) is 30.4 Å². The molecule has 0 amide bonds. The second kappa shape index (κ2) is 7.11. The van der Waals surface area contributed by atoms with Crippen LogP contribution >= 0.6 is 0 Å². The first-order chi connectivity index (χ1) is 13.3. The molecule has 0 bridgehead atoms. The van der Waals surface area contributed by atoms with Gasteiger partial charge in [-0.25, -0.2) is 4.98 Å². The van der Waals surface area contributed by atoms with Gasteiger partial charge in [0.25, 0.3) is 5.95 Å². The lowest BCUT2D eigenvalue weighted by atomic mass is 9.77. The molecule has 0 spiro atoms. The molecule has 7 heteroatoms. The fourth-order valence-electron chi connectivity index (χ4n) is 4.80. The van der Waals surface area contributed by atoms with Crippen LogP contribution in [0.3, 0.4) is 0 Å². The van der Waals surface area contributed by atoms with Gasteiger partial charge >= 0.3 is 0 Å². The molecule has 2 saturated carbocycles. The van der Waals surface area contributed by atoms with E-state index in [0.717, 1.165) is 43.6 Å². The molecule has 1 saturated heterocycles. The fourth-order valence-corrected chi connectivity index (χ4v) is 4.80. The van der Waals surface area contributed by atoms with Gasteiger partial charge in [0.05, 0.1) is 12.1 Å². The summed E-state index contributed by atoms with van der Waals surface area (Å²) in [5.41, 5.74) is 0. The van der Waals surface area contributed by atoms with Crippen molar-refractivity contribution in [2.45, 2.75) is 50.2 Å². The van der Waals surface area contributed by atoms with Gasteiger partial charge < -0.3 is 19.5 Å². The summed E-state index contributed by atoms with van der Waals surface area (Å²) in [6.07, 6.45) is 7.79. The molecular formula is C20H27N5O2. The summed E-state index contributed by atoms with van der Waals surface area (Å²) in [6.45, 7) is 1.98. The van der Waals surface area contributed by atoms with E-state index >= 15 is 0 Å². The second-order valence-electron chi connectivity index (χ2n) is 8.20. The maximum atomic E-state index is 5.82. The number of hydrogen-bond acceptors (Lipinski definition) is 7. The number of anilines is 2. The van der Waals surface area contributed by atoms with Gasteiger partial charge in [-0.15, -0.1) is 0 Å². The van der Waals surface area contributed by atoms with Crippen LogP contribution in [0.2, 0.25) is 0 Å². The van der Waals surface area contributed by atoms with E-state index in [2.05, 4.69) is 25.3 Å². The van der Waals surface area contributed by atoms with E-state index in [1.54, 1.807) is 0 Å². The van der Waals surface area contributed by atoms with Crippen LogP contribution in [0.1, 0.15) is 43.9 Å². The largest absolute Gasteiger partial charge is 0.379 e. The molecule has 0 radical (unpaired) electrons. The predicted molar refractivity (Wildman–Crippen MR) is 102 cm³/mol. The number of rotatable bonds is 5. The summed E-state index contributed by atoms with van der Waals surface area (Å²) < 4.78 is 11.4. The number of hydrogen-bond donors (Lipinski definition) is 1. The van der Waals surface area contributed by atoms with E-state index in [0.29, 0.717) is 17.8 Å². The average molecular weight is 369 g/mol. The maximum Gasteiger partial charge on any atom is 0.266 e. The van der Waals surface area contributed by atoms with Crippen LogP contribution in [-0.2, 0) is 4.74 Å². The molecule has 3 fully saturated rings. The third-order valence-corrected chi connectivity index (χ3v) is 6.59. The number of nitrogens with zero attached hydrogens (tertiary/aromatic N) is 4. The Bertz CT molecular complexity index is 763. The van der Waals surface area contributed by atoms with Crippen LogP contribution in [0, 0.1) is 11.8 Å². The zero-order valence-corrected chi connectivity index (χ0v) is 15.8. The van der Waals surface area contributed by atoms with Crippen LogP contribution in [0.5, 0.6) is 0 Å². The standard InChI is InChI=1S/C20H27N5O2/c1-26-17-10-15-12-25(20-23-19(27-24-20)13-5-4-6-13)11-14(15)9-16(17)22-18-7-2-3-8-21-18/h2-3,7-8,13-17H,4-6,9-12H2,1H3,(H,21,22)/t14-,15+,16-,17-/m1/s1. The van der Waals surface area contributed by atoms with Crippen molar-refractivity contribution in [3.05, 3.63) is 30.3 Å². The van der Waals surface area contributed by atoms with E-state index in [1.165, 1.54) is 19.3 Å². The Balaban J connectivity index is 1.26. The Morgan fingerprint density at radius 3 is 2.74 bits per heavy atom. The SMILES string of the molecule is CO[C@@H]1C[C@H]2CN(c3noc(C4CCC4)n3)C[C@H]2C[C@H]1Nc1ccccn1. The molecule has 2 aromatic rings. The smallest absolute Gasteiger partial charge is 0.266 e. The fraction of sp³-hybridized carbons (Fsp3) is 0.650. The highest BCUT2D eigenvalue weighted by Gasteiger charge is 2.43. The molecule has 7 nitrogen and oxygen atoms in total.